The molecule has 23 heavy (non-hydrogen) atoms. The molecule has 1 amide bonds. The Morgan fingerprint density at radius 2 is 1.87 bits per heavy atom. The third kappa shape index (κ3) is 3.54. The first-order chi connectivity index (χ1) is 11.1. The third-order valence-corrected chi connectivity index (χ3v) is 4.01. The van der Waals surface area contributed by atoms with Gasteiger partial charge in [0.05, 0.1) is 11.0 Å². The Bertz CT molecular complexity index is 728. The predicted molar refractivity (Wildman–Crippen MR) is 85.7 cm³/mol. The summed E-state index contributed by atoms with van der Waals surface area (Å²) in [5, 5.41) is 16.7. The lowest BCUT2D eigenvalue weighted by atomic mass is 9.95. The standard InChI is InChI=1S/C17H17N3O3/c21-17(16-9-13-3-1-2-4-14(13)11-18-16)19-10-12-5-7-15(8-6-12)20(22)23/h1-8,16,18H,9-11H2,(H,19,21)/t16-/m0/s1. The zero-order chi connectivity index (χ0) is 16.2. The average Bonchev–Trinajstić information content (AvgIpc) is 2.59. The Morgan fingerprint density at radius 1 is 1.17 bits per heavy atom. The number of benzene rings is 2. The van der Waals surface area contributed by atoms with Gasteiger partial charge >= 0.3 is 0 Å². The van der Waals surface area contributed by atoms with Crippen molar-refractivity contribution in [3.05, 3.63) is 75.3 Å². The predicted octanol–water partition coefficient (Wildman–Crippen LogP) is 1.93. The number of carbonyl (C=O) groups is 1. The average molecular weight is 311 g/mol. The molecule has 0 aromatic heterocycles. The Labute approximate surface area is 133 Å². The van der Waals surface area contributed by atoms with Crippen LogP contribution in [-0.2, 0) is 24.3 Å². The first-order valence-corrected chi connectivity index (χ1v) is 7.44. The second-order valence-electron chi connectivity index (χ2n) is 5.55. The Kier molecular flexibility index (Phi) is 4.34. The topological polar surface area (TPSA) is 84.3 Å². The summed E-state index contributed by atoms with van der Waals surface area (Å²) < 4.78 is 0. The number of nitrogens with zero attached hydrogens (tertiary/aromatic N) is 1. The molecule has 1 aliphatic heterocycles. The highest BCUT2D eigenvalue weighted by molar-refractivity contribution is 5.82. The van der Waals surface area contributed by atoms with Crippen molar-refractivity contribution in [2.24, 2.45) is 0 Å². The van der Waals surface area contributed by atoms with Crippen LogP contribution in [0.1, 0.15) is 16.7 Å². The summed E-state index contributed by atoms with van der Waals surface area (Å²) in [5.41, 5.74) is 3.31. The summed E-state index contributed by atoms with van der Waals surface area (Å²) >= 11 is 0. The molecule has 6 heteroatoms. The molecule has 118 valence electrons. The Balaban J connectivity index is 1.57. The molecule has 1 aliphatic rings. The number of nitrogens with one attached hydrogen (secondary N) is 2. The number of rotatable bonds is 4. The van der Waals surface area contributed by atoms with Crippen LogP contribution in [0.4, 0.5) is 5.69 Å². The van der Waals surface area contributed by atoms with E-state index in [-0.39, 0.29) is 17.6 Å². The molecule has 6 nitrogen and oxygen atoms in total. The van der Waals surface area contributed by atoms with Crippen LogP contribution in [0.15, 0.2) is 48.5 Å². The molecule has 0 saturated carbocycles. The van der Waals surface area contributed by atoms with Gasteiger partial charge in [-0.15, -0.1) is 0 Å². The minimum absolute atomic E-state index is 0.0469. The molecule has 2 aromatic carbocycles. The first-order valence-electron chi connectivity index (χ1n) is 7.44. The fourth-order valence-electron chi connectivity index (χ4n) is 2.69. The molecular weight excluding hydrogens is 294 g/mol. The molecule has 0 unspecified atom stereocenters. The molecule has 1 atom stereocenters. The second kappa shape index (κ2) is 6.58. The molecule has 2 N–H and O–H groups in total. The number of amides is 1. The van der Waals surface area contributed by atoms with Crippen LogP contribution in [0.2, 0.25) is 0 Å². The zero-order valence-corrected chi connectivity index (χ0v) is 12.5. The van der Waals surface area contributed by atoms with E-state index >= 15 is 0 Å². The molecule has 2 aromatic rings. The highest BCUT2D eigenvalue weighted by Gasteiger charge is 2.23. The third-order valence-electron chi connectivity index (χ3n) is 4.01. The molecule has 0 bridgehead atoms. The van der Waals surface area contributed by atoms with Gasteiger partial charge in [-0.3, -0.25) is 14.9 Å². The summed E-state index contributed by atoms with van der Waals surface area (Å²) in [7, 11) is 0. The van der Waals surface area contributed by atoms with Crippen molar-refractivity contribution in [3.63, 3.8) is 0 Å². The lowest BCUT2D eigenvalue weighted by Gasteiger charge is -2.25. The molecule has 0 radical (unpaired) electrons. The van der Waals surface area contributed by atoms with E-state index in [0.717, 1.165) is 5.56 Å². The Morgan fingerprint density at radius 3 is 2.57 bits per heavy atom. The molecular formula is C17H17N3O3. The van der Waals surface area contributed by atoms with Crippen LogP contribution in [0.5, 0.6) is 0 Å². The molecule has 0 fully saturated rings. The normalized spacial score (nSPS) is 16.4. The molecule has 0 aliphatic carbocycles. The maximum Gasteiger partial charge on any atom is 0.269 e. The number of carbonyl (C=O) groups excluding carboxylic acids is 1. The van der Waals surface area contributed by atoms with Gasteiger partial charge in [0.2, 0.25) is 5.91 Å². The van der Waals surface area contributed by atoms with Crippen LogP contribution < -0.4 is 10.6 Å². The van der Waals surface area contributed by atoms with E-state index in [1.165, 1.54) is 23.3 Å². The fraction of sp³-hybridized carbons (Fsp3) is 0.235. The van der Waals surface area contributed by atoms with Gasteiger partial charge in [0.15, 0.2) is 0 Å². The molecule has 0 spiro atoms. The van der Waals surface area contributed by atoms with Crippen molar-refractivity contribution in [1.29, 1.82) is 0 Å². The number of nitro groups is 1. The van der Waals surface area contributed by atoms with Crippen LogP contribution in [0, 0.1) is 10.1 Å². The first kappa shape index (κ1) is 15.2. The van der Waals surface area contributed by atoms with Crippen LogP contribution in [0.3, 0.4) is 0 Å². The second-order valence-corrected chi connectivity index (χ2v) is 5.55. The zero-order valence-electron chi connectivity index (χ0n) is 12.5. The summed E-state index contributed by atoms with van der Waals surface area (Å²) in [6.07, 6.45) is 0.669. The maximum atomic E-state index is 12.3. The van der Waals surface area contributed by atoms with Gasteiger partial charge in [0.1, 0.15) is 0 Å². The van der Waals surface area contributed by atoms with E-state index in [0.29, 0.717) is 19.5 Å². The summed E-state index contributed by atoms with van der Waals surface area (Å²) in [5.74, 6) is -0.0575. The smallest absolute Gasteiger partial charge is 0.269 e. The van der Waals surface area contributed by atoms with Gasteiger partial charge < -0.3 is 10.6 Å². The van der Waals surface area contributed by atoms with E-state index in [9.17, 15) is 14.9 Å². The Hall–Kier alpha value is -2.73. The highest BCUT2D eigenvalue weighted by atomic mass is 16.6. The quantitative estimate of drug-likeness (QED) is 0.667. The van der Waals surface area contributed by atoms with Crippen molar-refractivity contribution in [3.8, 4) is 0 Å². The number of non-ortho nitro benzene ring substituents is 1. The molecule has 3 rings (SSSR count). The molecule has 1 heterocycles. The van der Waals surface area contributed by atoms with E-state index in [1.807, 2.05) is 18.2 Å². The van der Waals surface area contributed by atoms with Gasteiger partial charge in [-0.1, -0.05) is 36.4 Å². The SMILES string of the molecule is O=C(NCc1ccc([N+](=O)[O-])cc1)[C@@H]1Cc2ccccc2CN1. The monoisotopic (exact) mass is 311 g/mol. The van der Waals surface area contributed by atoms with Gasteiger partial charge in [-0.2, -0.15) is 0 Å². The van der Waals surface area contributed by atoms with E-state index < -0.39 is 4.92 Å². The summed E-state index contributed by atoms with van der Waals surface area (Å²) in [6.45, 7) is 1.04. The van der Waals surface area contributed by atoms with Crippen molar-refractivity contribution in [2.75, 3.05) is 0 Å². The largest absolute Gasteiger partial charge is 0.351 e. The highest BCUT2D eigenvalue weighted by Crippen LogP contribution is 2.16. The van der Waals surface area contributed by atoms with Gasteiger partial charge in [-0.05, 0) is 23.1 Å². The van der Waals surface area contributed by atoms with Crippen molar-refractivity contribution in [2.45, 2.75) is 25.6 Å². The van der Waals surface area contributed by atoms with Crippen LogP contribution in [-0.4, -0.2) is 16.9 Å². The minimum Gasteiger partial charge on any atom is -0.351 e. The van der Waals surface area contributed by atoms with Crippen molar-refractivity contribution < 1.29 is 9.72 Å². The van der Waals surface area contributed by atoms with Crippen LogP contribution in [0.25, 0.3) is 0 Å². The number of hydrogen-bond donors (Lipinski definition) is 2. The number of fused-ring (bicyclic) bond motifs is 1. The van der Waals surface area contributed by atoms with Gasteiger partial charge in [0.25, 0.3) is 5.69 Å². The van der Waals surface area contributed by atoms with Crippen LogP contribution >= 0.6 is 0 Å². The van der Waals surface area contributed by atoms with E-state index in [4.69, 9.17) is 0 Å². The lowest BCUT2D eigenvalue weighted by Crippen LogP contribution is -2.47. The minimum atomic E-state index is -0.439. The van der Waals surface area contributed by atoms with E-state index in [1.54, 1.807) is 12.1 Å². The van der Waals surface area contributed by atoms with Crippen molar-refractivity contribution in [1.82, 2.24) is 10.6 Å². The summed E-state index contributed by atoms with van der Waals surface area (Å²) in [4.78, 5) is 22.4. The number of hydrogen-bond acceptors (Lipinski definition) is 4. The lowest BCUT2D eigenvalue weighted by molar-refractivity contribution is -0.384. The maximum absolute atomic E-state index is 12.3. The molecule has 0 saturated heterocycles. The summed E-state index contributed by atoms with van der Waals surface area (Å²) in [6, 6.07) is 14.0. The van der Waals surface area contributed by atoms with Crippen molar-refractivity contribution >= 4 is 11.6 Å². The van der Waals surface area contributed by atoms with E-state index in [2.05, 4.69) is 16.7 Å². The number of nitro benzene ring substituents is 1. The van der Waals surface area contributed by atoms with Gasteiger partial charge in [-0.25, -0.2) is 0 Å². The van der Waals surface area contributed by atoms with Gasteiger partial charge in [0, 0.05) is 25.2 Å². The fourth-order valence-corrected chi connectivity index (χ4v) is 2.69.